The van der Waals surface area contributed by atoms with Crippen molar-refractivity contribution in [1.29, 1.82) is 0 Å². The molecule has 0 saturated heterocycles. The van der Waals surface area contributed by atoms with Crippen LogP contribution in [0.4, 0.5) is 10.5 Å². The Morgan fingerprint density at radius 2 is 1.77 bits per heavy atom. The van der Waals surface area contributed by atoms with Crippen LogP contribution in [0.5, 0.6) is 5.75 Å². The lowest BCUT2D eigenvalue weighted by Crippen LogP contribution is -2.18. The molecule has 0 bridgehead atoms. The first-order valence-electron chi connectivity index (χ1n) is 7.74. The van der Waals surface area contributed by atoms with E-state index in [1.807, 2.05) is 0 Å². The van der Waals surface area contributed by atoms with Crippen LogP contribution in [0.1, 0.15) is 35.9 Å². The smallest absolute Gasteiger partial charge is 0.453 e. The van der Waals surface area contributed by atoms with Gasteiger partial charge in [0.25, 0.3) is 5.69 Å². The Kier molecular flexibility index (Phi) is 5.90. The van der Waals surface area contributed by atoms with Crippen molar-refractivity contribution in [3.8, 4) is 5.75 Å². The summed E-state index contributed by atoms with van der Waals surface area (Å²) in [5, 5.41) is 19.9. The SMILES string of the molecule is CC(C)C(OC(=O)c1ccccc1)c1cc([N+](=O)[O-])ccc1OC(=O)O. The molecule has 26 heavy (non-hydrogen) atoms. The van der Waals surface area contributed by atoms with Crippen LogP contribution in [0.3, 0.4) is 0 Å². The third kappa shape index (κ3) is 4.56. The van der Waals surface area contributed by atoms with Crippen LogP contribution in [0.15, 0.2) is 48.5 Å². The van der Waals surface area contributed by atoms with Crippen LogP contribution in [-0.4, -0.2) is 22.2 Å². The molecule has 1 atom stereocenters. The largest absolute Gasteiger partial charge is 0.511 e. The molecule has 0 heterocycles. The number of esters is 1. The van der Waals surface area contributed by atoms with E-state index in [9.17, 15) is 19.7 Å². The summed E-state index contributed by atoms with van der Waals surface area (Å²) in [5.74, 6) is -1.04. The van der Waals surface area contributed by atoms with Gasteiger partial charge in [0.1, 0.15) is 11.9 Å². The number of hydrogen-bond acceptors (Lipinski definition) is 6. The zero-order valence-electron chi connectivity index (χ0n) is 14.1. The molecular weight excluding hydrogens is 342 g/mol. The van der Waals surface area contributed by atoms with E-state index in [4.69, 9.17) is 14.6 Å². The monoisotopic (exact) mass is 359 g/mol. The van der Waals surface area contributed by atoms with Gasteiger partial charge >= 0.3 is 12.1 Å². The molecule has 136 valence electrons. The molecule has 0 fully saturated rings. The summed E-state index contributed by atoms with van der Waals surface area (Å²) in [6, 6.07) is 11.7. The van der Waals surface area contributed by atoms with Gasteiger partial charge in [0.15, 0.2) is 0 Å². The molecule has 1 unspecified atom stereocenters. The van der Waals surface area contributed by atoms with Crippen LogP contribution in [0.25, 0.3) is 0 Å². The molecule has 0 saturated carbocycles. The number of hydrogen-bond donors (Lipinski definition) is 1. The minimum Gasteiger partial charge on any atom is -0.453 e. The lowest BCUT2D eigenvalue weighted by Gasteiger charge is -2.23. The number of rotatable bonds is 6. The van der Waals surface area contributed by atoms with E-state index in [1.54, 1.807) is 44.2 Å². The van der Waals surface area contributed by atoms with Gasteiger partial charge in [-0.05, 0) is 24.1 Å². The second kappa shape index (κ2) is 8.11. The highest BCUT2D eigenvalue weighted by Gasteiger charge is 2.27. The summed E-state index contributed by atoms with van der Waals surface area (Å²) < 4.78 is 10.2. The summed E-state index contributed by atoms with van der Waals surface area (Å²) in [7, 11) is 0. The van der Waals surface area contributed by atoms with E-state index in [0.717, 1.165) is 12.1 Å². The quantitative estimate of drug-likeness (QED) is 0.355. The van der Waals surface area contributed by atoms with Crippen molar-refractivity contribution in [2.45, 2.75) is 20.0 Å². The fraction of sp³-hybridized carbons (Fsp3) is 0.222. The minimum absolute atomic E-state index is 0.112. The zero-order valence-corrected chi connectivity index (χ0v) is 14.1. The molecule has 2 aromatic rings. The average molecular weight is 359 g/mol. The summed E-state index contributed by atoms with van der Waals surface area (Å²) in [6.45, 7) is 3.48. The molecule has 0 radical (unpaired) electrons. The number of nitrogens with zero attached hydrogens (tertiary/aromatic N) is 1. The fourth-order valence-corrected chi connectivity index (χ4v) is 2.38. The topological polar surface area (TPSA) is 116 Å². The van der Waals surface area contributed by atoms with E-state index in [1.165, 1.54) is 6.07 Å². The maximum absolute atomic E-state index is 12.4. The molecule has 1 N–H and O–H groups in total. The summed E-state index contributed by atoms with van der Waals surface area (Å²) in [5.41, 5.74) is 0.157. The summed E-state index contributed by atoms with van der Waals surface area (Å²) >= 11 is 0. The lowest BCUT2D eigenvalue weighted by molar-refractivity contribution is -0.385. The first kappa shape index (κ1) is 18.9. The highest BCUT2D eigenvalue weighted by molar-refractivity contribution is 5.89. The Bertz CT molecular complexity index is 818. The van der Waals surface area contributed by atoms with Crippen LogP contribution < -0.4 is 4.74 Å². The third-order valence-electron chi connectivity index (χ3n) is 3.56. The number of carbonyl (C=O) groups is 2. The Morgan fingerprint density at radius 1 is 1.12 bits per heavy atom. The van der Waals surface area contributed by atoms with Gasteiger partial charge in [0.05, 0.1) is 10.5 Å². The maximum atomic E-state index is 12.4. The molecule has 0 aliphatic rings. The van der Waals surface area contributed by atoms with Gasteiger partial charge in [-0.1, -0.05) is 32.0 Å². The highest BCUT2D eigenvalue weighted by atomic mass is 16.7. The van der Waals surface area contributed by atoms with E-state index in [-0.39, 0.29) is 22.9 Å². The van der Waals surface area contributed by atoms with Crippen molar-refractivity contribution in [1.82, 2.24) is 0 Å². The normalized spacial score (nSPS) is 11.7. The Hall–Kier alpha value is -3.42. The average Bonchev–Trinajstić information content (AvgIpc) is 2.60. The minimum atomic E-state index is -1.57. The van der Waals surface area contributed by atoms with Gasteiger partial charge < -0.3 is 14.6 Å². The molecular formula is C18H17NO7. The fourth-order valence-electron chi connectivity index (χ4n) is 2.38. The van der Waals surface area contributed by atoms with Gasteiger partial charge in [-0.25, -0.2) is 9.59 Å². The highest BCUT2D eigenvalue weighted by Crippen LogP contribution is 2.36. The van der Waals surface area contributed by atoms with Crippen molar-refractivity contribution in [3.63, 3.8) is 0 Å². The number of nitro benzene ring substituents is 1. The van der Waals surface area contributed by atoms with E-state index in [2.05, 4.69) is 0 Å². The van der Waals surface area contributed by atoms with Crippen molar-refractivity contribution in [3.05, 3.63) is 69.8 Å². The molecule has 0 spiro atoms. The van der Waals surface area contributed by atoms with Gasteiger partial charge in [-0.3, -0.25) is 10.1 Å². The van der Waals surface area contributed by atoms with Crippen LogP contribution in [0, 0.1) is 16.0 Å². The third-order valence-corrected chi connectivity index (χ3v) is 3.56. The Morgan fingerprint density at radius 3 is 2.31 bits per heavy atom. The van der Waals surface area contributed by atoms with Crippen molar-refractivity contribution >= 4 is 17.8 Å². The first-order valence-corrected chi connectivity index (χ1v) is 7.74. The number of carboxylic acid groups (broad SMARTS) is 1. The predicted molar refractivity (Wildman–Crippen MR) is 91.2 cm³/mol. The van der Waals surface area contributed by atoms with Crippen LogP contribution in [0.2, 0.25) is 0 Å². The first-order chi connectivity index (χ1) is 12.3. The van der Waals surface area contributed by atoms with Gasteiger partial charge in [-0.15, -0.1) is 0 Å². The Labute approximate surface area is 149 Å². The standard InChI is InChI=1S/C18H17NO7/c1-11(2)16(26-17(20)12-6-4-3-5-7-12)14-10-13(19(23)24)8-9-15(14)25-18(21)22/h3-11,16H,1-2H3,(H,21,22). The number of carbonyl (C=O) groups excluding carboxylic acids is 1. The predicted octanol–water partition coefficient (Wildman–Crippen LogP) is 4.21. The molecule has 8 heteroatoms. The van der Waals surface area contributed by atoms with E-state index < -0.39 is 23.2 Å². The molecule has 8 nitrogen and oxygen atoms in total. The summed E-state index contributed by atoms with van der Waals surface area (Å²) in [6.07, 6.45) is -2.51. The molecule has 0 aliphatic carbocycles. The van der Waals surface area contributed by atoms with Crippen LogP contribution in [-0.2, 0) is 4.74 Å². The van der Waals surface area contributed by atoms with Crippen molar-refractivity contribution < 1.29 is 29.1 Å². The maximum Gasteiger partial charge on any atom is 0.511 e. The second-order valence-electron chi connectivity index (χ2n) is 5.78. The van der Waals surface area contributed by atoms with E-state index in [0.29, 0.717) is 5.56 Å². The van der Waals surface area contributed by atoms with E-state index >= 15 is 0 Å². The zero-order chi connectivity index (χ0) is 19.3. The van der Waals surface area contributed by atoms with Crippen LogP contribution >= 0.6 is 0 Å². The molecule has 0 amide bonds. The van der Waals surface area contributed by atoms with Gasteiger partial charge in [0.2, 0.25) is 0 Å². The second-order valence-corrected chi connectivity index (χ2v) is 5.78. The Balaban J connectivity index is 2.44. The molecule has 0 aliphatic heterocycles. The molecule has 2 aromatic carbocycles. The number of nitro groups is 1. The number of non-ortho nitro benzene ring substituents is 1. The summed E-state index contributed by atoms with van der Waals surface area (Å²) in [4.78, 5) is 33.7. The molecule has 0 aromatic heterocycles. The van der Waals surface area contributed by atoms with Gasteiger partial charge in [0, 0.05) is 17.7 Å². The van der Waals surface area contributed by atoms with Crippen molar-refractivity contribution in [2.75, 3.05) is 0 Å². The number of benzene rings is 2. The lowest BCUT2D eigenvalue weighted by atomic mass is 9.97. The van der Waals surface area contributed by atoms with Crippen molar-refractivity contribution in [2.24, 2.45) is 5.92 Å². The molecule has 2 rings (SSSR count). The number of ether oxygens (including phenoxy) is 2. The van der Waals surface area contributed by atoms with Gasteiger partial charge in [-0.2, -0.15) is 0 Å².